The summed E-state index contributed by atoms with van der Waals surface area (Å²) in [6.45, 7) is 1.49. The minimum absolute atomic E-state index is 0.341. The van der Waals surface area contributed by atoms with Crippen LogP contribution in [0.1, 0.15) is 12.5 Å². The van der Waals surface area contributed by atoms with E-state index in [9.17, 15) is 5.11 Å². The first kappa shape index (κ1) is 12.4. The monoisotopic (exact) mass is 272 g/mol. The molecule has 5 heteroatoms. The fraction of sp³-hybridized carbons (Fsp3) is 0.333. The Morgan fingerprint density at radius 2 is 1.86 bits per heavy atom. The summed E-state index contributed by atoms with van der Waals surface area (Å²) in [6.07, 6.45) is 0. The van der Waals surface area contributed by atoms with Crippen LogP contribution in [0, 0.1) is 0 Å². The molecule has 0 radical (unpaired) electrons. The van der Waals surface area contributed by atoms with Gasteiger partial charge in [-0.25, -0.2) is 0 Å². The van der Waals surface area contributed by atoms with Gasteiger partial charge in [0.2, 0.25) is 0 Å². The van der Waals surface area contributed by atoms with E-state index in [1.165, 1.54) is 13.0 Å². The highest BCUT2D eigenvalue weighted by molar-refractivity contribution is 6.45. The van der Waals surface area contributed by atoms with Crippen LogP contribution >= 0.6 is 46.4 Å². The summed E-state index contributed by atoms with van der Waals surface area (Å²) >= 11 is 22.9. The molecular formula is C9H8Cl4O. The molecule has 0 saturated heterocycles. The lowest BCUT2D eigenvalue weighted by molar-refractivity contribution is 0.0722. The normalized spacial score (nSPS) is 15.6. The number of benzene rings is 1. The highest BCUT2D eigenvalue weighted by Gasteiger charge is 2.32. The molecule has 0 heterocycles. The molecule has 1 rings (SSSR count). The molecule has 14 heavy (non-hydrogen) atoms. The number of halogens is 4. The molecule has 0 saturated carbocycles. The Bertz CT molecular complexity index is 336. The van der Waals surface area contributed by atoms with Gasteiger partial charge in [-0.05, 0) is 19.1 Å². The van der Waals surface area contributed by atoms with Crippen molar-refractivity contribution < 1.29 is 5.11 Å². The van der Waals surface area contributed by atoms with Crippen LogP contribution in [0.2, 0.25) is 10.0 Å². The first-order valence-electron chi connectivity index (χ1n) is 3.81. The lowest BCUT2D eigenvalue weighted by Gasteiger charge is -2.26. The van der Waals surface area contributed by atoms with Crippen molar-refractivity contribution in [1.82, 2.24) is 0 Å². The fourth-order valence-electron chi connectivity index (χ4n) is 1.02. The van der Waals surface area contributed by atoms with E-state index >= 15 is 0 Å². The zero-order valence-electron chi connectivity index (χ0n) is 7.27. The van der Waals surface area contributed by atoms with Gasteiger partial charge in [0.05, 0.1) is 0 Å². The molecule has 0 aliphatic heterocycles. The second kappa shape index (κ2) is 4.46. The number of hydrogen-bond donors (Lipinski definition) is 1. The molecule has 1 aromatic rings. The summed E-state index contributed by atoms with van der Waals surface area (Å²) in [5.41, 5.74) is -0.927. The third-order valence-corrected chi connectivity index (χ3v) is 3.30. The van der Waals surface area contributed by atoms with Crippen molar-refractivity contribution in [3.8, 4) is 0 Å². The summed E-state index contributed by atoms with van der Waals surface area (Å²) in [5, 5.41) is 10.8. The van der Waals surface area contributed by atoms with Gasteiger partial charge in [0.1, 0.15) is 10.4 Å². The van der Waals surface area contributed by atoms with Gasteiger partial charge < -0.3 is 5.11 Å². The summed E-state index contributed by atoms with van der Waals surface area (Å²) in [7, 11) is 0. The average Bonchev–Trinajstić information content (AvgIpc) is 2.02. The summed E-state index contributed by atoms with van der Waals surface area (Å²) < 4.78 is 0. The van der Waals surface area contributed by atoms with Gasteiger partial charge in [-0.2, -0.15) is 0 Å². The summed E-state index contributed by atoms with van der Waals surface area (Å²) in [6, 6.07) is 4.75. The van der Waals surface area contributed by atoms with Crippen LogP contribution in [0.25, 0.3) is 0 Å². The molecule has 1 nitrogen and oxygen atoms in total. The molecule has 0 aliphatic carbocycles. The van der Waals surface area contributed by atoms with E-state index in [1.54, 1.807) is 12.1 Å². The molecule has 1 N–H and O–H groups in total. The average molecular weight is 274 g/mol. The van der Waals surface area contributed by atoms with Crippen LogP contribution in [-0.2, 0) is 5.60 Å². The number of alkyl halides is 2. The largest absolute Gasteiger partial charge is 0.383 e. The SMILES string of the molecule is CC(O)(c1ccc(Cl)cc1Cl)C(Cl)Cl. The molecular weight excluding hydrogens is 266 g/mol. The van der Waals surface area contributed by atoms with E-state index in [0.29, 0.717) is 15.6 Å². The first-order chi connectivity index (χ1) is 6.35. The lowest BCUT2D eigenvalue weighted by atomic mass is 9.98. The molecule has 1 aromatic carbocycles. The molecule has 1 atom stereocenters. The van der Waals surface area contributed by atoms with Crippen LogP contribution in [0.3, 0.4) is 0 Å². The highest BCUT2D eigenvalue weighted by Crippen LogP contribution is 2.36. The Hall–Kier alpha value is 0.340. The summed E-state index contributed by atoms with van der Waals surface area (Å²) in [4.78, 5) is -0.957. The van der Waals surface area contributed by atoms with Crippen molar-refractivity contribution in [3.05, 3.63) is 33.8 Å². The standard InChI is InChI=1S/C9H8Cl4O/c1-9(14,8(12)13)6-3-2-5(10)4-7(6)11/h2-4,8,14H,1H3. The third kappa shape index (κ3) is 2.47. The van der Waals surface area contributed by atoms with Crippen LogP contribution in [0.15, 0.2) is 18.2 Å². The minimum Gasteiger partial charge on any atom is -0.383 e. The smallest absolute Gasteiger partial charge is 0.140 e. The van der Waals surface area contributed by atoms with Crippen molar-refractivity contribution in [2.24, 2.45) is 0 Å². The fourth-order valence-corrected chi connectivity index (χ4v) is 1.85. The van der Waals surface area contributed by atoms with E-state index in [0.717, 1.165) is 0 Å². The number of rotatable bonds is 2. The van der Waals surface area contributed by atoms with Crippen LogP contribution in [0.4, 0.5) is 0 Å². The molecule has 1 unspecified atom stereocenters. The van der Waals surface area contributed by atoms with E-state index < -0.39 is 10.4 Å². The Morgan fingerprint density at radius 1 is 1.29 bits per heavy atom. The van der Waals surface area contributed by atoms with Gasteiger partial charge in [0.25, 0.3) is 0 Å². The van der Waals surface area contributed by atoms with Gasteiger partial charge in [0.15, 0.2) is 0 Å². The molecule has 0 spiro atoms. The second-order valence-electron chi connectivity index (χ2n) is 3.07. The van der Waals surface area contributed by atoms with Gasteiger partial charge in [-0.15, -0.1) is 23.2 Å². The topological polar surface area (TPSA) is 20.2 Å². The number of hydrogen-bond acceptors (Lipinski definition) is 1. The molecule has 78 valence electrons. The van der Waals surface area contributed by atoms with Gasteiger partial charge in [-0.3, -0.25) is 0 Å². The Balaban J connectivity index is 3.19. The van der Waals surface area contributed by atoms with Crippen molar-refractivity contribution in [3.63, 3.8) is 0 Å². The molecule has 0 bridgehead atoms. The van der Waals surface area contributed by atoms with Crippen LogP contribution < -0.4 is 0 Å². The molecule has 0 amide bonds. The third-order valence-electron chi connectivity index (χ3n) is 1.90. The quantitative estimate of drug-likeness (QED) is 0.808. The van der Waals surface area contributed by atoms with Gasteiger partial charge in [-0.1, -0.05) is 29.3 Å². The van der Waals surface area contributed by atoms with Crippen molar-refractivity contribution >= 4 is 46.4 Å². The lowest BCUT2D eigenvalue weighted by Crippen LogP contribution is -2.29. The Kier molecular flexibility index (Phi) is 3.95. The zero-order valence-corrected chi connectivity index (χ0v) is 10.3. The second-order valence-corrected chi connectivity index (χ2v) is 5.01. The van der Waals surface area contributed by atoms with Crippen molar-refractivity contribution in [1.29, 1.82) is 0 Å². The maximum Gasteiger partial charge on any atom is 0.140 e. The number of aliphatic hydroxyl groups is 1. The Labute approximate surface area is 103 Å². The van der Waals surface area contributed by atoms with Crippen LogP contribution in [-0.4, -0.2) is 9.94 Å². The van der Waals surface area contributed by atoms with E-state index in [-0.39, 0.29) is 0 Å². The van der Waals surface area contributed by atoms with Gasteiger partial charge in [0, 0.05) is 15.6 Å². The highest BCUT2D eigenvalue weighted by atomic mass is 35.5. The van der Waals surface area contributed by atoms with E-state index in [1.807, 2.05) is 0 Å². The Morgan fingerprint density at radius 3 is 2.29 bits per heavy atom. The molecule has 0 aliphatic rings. The maximum absolute atomic E-state index is 9.94. The van der Waals surface area contributed by atoms with E-state index in [4.69, 9.17) is 46.4 Å². The molecule has 0 aromatic heterocycles. The van der Waals surface area contributed by atoms with E-state index in [2.05, 4.69) is 0 Å². The van der Waals surface area contributed by atoms with Crippen molar-refractivity contribution in [2.75, 3.05) is 0 Å². The first-order valence-corrected chi connectivity index (χ1v) is 5.44. The van der Waals surface area contributed by atoms with Crippen LogP contribution in [0.5, 0.6) is 0 Å². The zero-order chi connectivity index (χ0) is 10.9. The summed E-state index contributed by atoms with van der Waals surface area (Å²) in [5.74, 6) is 0. The molecule has 0 fully saturated rings. The predicted molar refractivity (Wildman–Crippen MR) is 61.5 cm³/mol. The predicted octanol–water partition coefficient (Wildman–Crippen LogP) is 4.00. The van der Waals surface area contributed by atoms with Gasteiger partial charge >= 0.3 is 0 Å². The minimum atomic E-state index is -1.38. The maximum atomic E-state index is 9.94. The van der Waals surface area contributed by atoms with Crippen molar-refractivity contribution in [2.45, 2.75) is 17.4 Å².